The predicted molar refractivity (Wildman–Crippen MR) is 71.2 cm³/mol. The molecule has 2 N–H and O–H groups in total. The molecule has 0 bridgehead atoms. The van der Waals surface area contributed by atoms with Crippen LogP contribution in [0.3, 0.4) is 0 Å². The molecule has 0 radical (unpaired) electrons. The van der Waals surface area contributed by atoms with Crippen LogP contribution in [0, 0.1) is 5.92 Å². The molecular weight excluding hydrogens is 254 g/mol. The number of hydrogen-bond acceptors (Lipinski definition) is 3. The minimum Gasteiger partial charge on any atom is -0.496 e. The number of carbonyl (C=O) groups excluding carboxylic acids is 1. The summed E-state index contributed by atoms with van der Waals surface area (Å²) in [6.45, 7) is 3.97. The molecule has 1 rings (SSSR count). The van der Waals surface area contributed by atoms with Crippen molar-refractivity contribution in [1.29, 1.82) is 0 Å². The fourth-order valence-electron chi connectivity index (χ4n) is 1.39. The number of benzene rings is 1. The van der Waals surface area contributed by atoms with Crippen LogP contribution in [0.25, 0.3) is 0 Å². The summed E-state index contributed by atoms with van der Waals surface area (Å²) in [4.78, 5) is 11.9. The van der Waals surface area contributed by atoms with Gasteiger partial charge in [0.2, 0.25) is 0 Å². The van der Waals surface area contributed by atoms with Crippen LogP contribution in [0.15, 0.2) is 18.2 Å². The molecule has 0 aliphatic rings. The first-order valence-electron chi connectivity index (χ1n) is 5.75. The van der Waals surface area contributed by atoms with E-state index >= 15 is 0 Å². The van der Waals surface area contributed by atoms with Gasteiger partial charge in [0.05, 0.1) is 18.8 Å². The Labute approximate surface area is 112 Å². The first-order valence-corrected chi connectivity index (χ1v) is 6.13. The van der Waals surface area contributed by atoms with Gasteiger partial charge in [0.25, 0.3) is 5.91 Å². The Morgan fingerprint density at radius 1 is 1.50 bits per heavy atom. The summed E-state index contributed by atoms with van der Waals surface area (Å²) in [5.41, 5.74) is 0.362. The van der Waals surface area contributed by atoms with Crippen molar-refractivity contribution in [2.75, 3.05) is 13.7 Å². The molecule has 18 heavy (non-hydrogen) atoms. The molecule has 100 valence electrons. The molecule has 0 fully saturated rings. The number of aliphatic hydroxyl groups is 1. The van der Waals surface area contributed by atoms with Crippen molar-refractivity contribution in [3.8, 4) is 5.75 Å². The van der Waals surface area contributed by atoms with Crippen molar-refractivity contribution in [1.82, 2.24) is 5.32 Å². The number of ether oxygens (including phenoxy) is 1. The van der Waals surface area contributed by atoms with Gasteiger partial charge in [-0.05, 0) is 24.1 Å². The Balaban J connectivity index is 2.75. The second-order valence-electron chi connectivity index (χ2n) is 4.37. The number of hydrogen-bond donors (Lipinski definition) is 2. The summed E-state index contributed by atoms with van der Waals surface area (Å²) < 4.78 is 5.09. The quantitative estimate of drug-likeness (QED) is 0.862. The molecule has 4 nitrogen and oxygen atoms in total. The molecule has 0 saturated carbocycles. The molecule has 0 saturated heterocycles. The third kappa shape index (κ3) is 3.89. The second-order valence-corrected chi connectivity index (χ2v) is 4.80. The van der Waals surface area contributed by atoms with E-state index in [9.17, 15) is 9.90 Å². The molecule has 0 aliphatic carbocycles. The van der Waals surface area contributed by atoms with Crippen molar-refractivity contribution in [3.63, 3.8) is 0 Å². The summed E-state index contributed by atoms with van der Waals surface area (Å²) in [6, 6.07) is 4.83. The Morgan fingerprint density at radius 2 is 2.17 bits per heavy atom. The average molecular weight is 272 g/mol. The summed E-state index contributed by atoms with van der Waals surface area (Å²) >= 11 is 5.85. The van der Waals surface area contributed by atoms with Gasteiger partial charge in [0.15, 0.2) is 0 Å². The van der Waals surface area contributed by atoms with Crippen molar-refractivity contribution >= 4 is 17.5 Å². The second kappa shape index (κ2) is 6.61. The van der Waals surface area contributed by atoms with Crippen LogP contribution in [0.5, 0.6) is 5.75 Å². The Kier molecular flexibility index (Phi) is 5.44. The Hall–Kier alpha value is -1.26. The van der Waals surface area contributed by atoms with E-state index in [1.807, 2.05) is 13.8 Å². The monoisotopic (exact) mass is 271 g/mol. The van der Waals surface area contributed by atoms with E-state index < -0.39 is 6.10 Å². The van der Waals surface area contributed by atoms with Crippen molar-refractivity contribution in [3.05, 3.63) is 28.8 Å². The highest BCUT2D eigenvalue weighted by atomic mass is 35.5. The van der Waals surface area contributed by atoms with E-state index in [1.165, 1.54) is 13.2 Å². The molecule has 0 aromatic heterocycles. The first-order chi connectivity index (χ1) is 8.45. The van der Waals surface area contributed by atoms with Crippen LogP contribution in [-0.2, 0) is 0 Å². The minimum absolute atomic E-state index is 0.0894. The molecule has 1 aromatic carbocycles. The molecule has 5 heteroatoms. The zero-order valence-electron chi connectivity index (χ0n) is 10.7. The highest BCUT2D eigenvalue weighted by Gasteiger charge is 2.15. The van der Waals surface area contributed by atoms with E-state index in [0.717, 1.165) is 0 Å². The largest absolute Gasteiger partial charge is 0.496 e. The van der Waals surface area contributed by atoms with Crippen LogP contribution in [0.4, 0.5) is 0 Å². The van der Waals surface area contributed by atoms with Gasteiger partial charge in [-0.3, -0.25) is 4.79 Å². The lowest BCUT2D eigenvalue weighted by atomic mass is 10.1. The topological polar surface area (TPSA) is 58.6 Å². The van der Waals surface area contributed by atoms with E-state index in [-0.39, 0.29) is 18.4 Å². The van der Waals surface area contributed by atoms with Gasteiger partial charge in [-0.25, -0.2) is 0 Å². The van der Waals surface area contributed by atoms with Gasteiger partial charge in [0, 0.05) is 11.6 Å². The van der Waals surface area contributed by atoms with Gasteiger partial charge in [0.1, 0.15) is 5.75 Å². The van der Waals surface area contributed by atoms with Crippen molar-refractivity contribution in [2.24, 2.45) is 5.92 Å². The van der Waals surface area contributed by atoms with Crippen LogP contribution in [0.1, 0.15) is 24.2 Å². The smallest absolute Gasteiger partial charge is 0.255 e. The molecule has 0 spiro atoms. The number of rotatable bonds is 5. The van der Waals surface area contributed by atoms with Gasteiger partial charge in [-0.15, -0.1) is 0 Å². The summed E-state index contributed by atoms with van der Waals surface area (Å²) in [6.07, 6.45) is -0.570. The Bertz CT molecular complexity index is 421. The van der Waals surface area contributed by atoms with E-state index in [4.69, 9.17) is 16.3 Å². The minimum atomic E-state index is -0.570. The van der Waals surface area contributed by atoms with Gasteiger partial charge in [-0.2, -0.15) is 0 Å². The lowest BCUT2D eigenvalue weighted by Crippen LogP contribution is -2.34. The summed E-state index contributed by atoms with van der Waals surface area (Å²) in [5.74, 6) is 0.233. The number of carbonyl (C=O) groups is 1. The number of halogens is 1. The standard InChI is InChI=1S/C13H18ClNO3/c1-8(2)11(16)7-15-13(17)10-6-9(14)4-5-12(10)18-3/h4-6,8,11,16H,7H2,1-3H3,(H,15,17). The first kappa shape index (κ1) is 14.8. The number of nitrogens with one attached hydrogen (secondary N) is 1. The predicted octanol–water partition coefficient (Wildman–Crippen LogP) is 2.10. The molecule has 0 heterocycles. The van der Waals surface area contributed by atoms with Crippen molar-refractivity contribution < 1.29 is 14.6 Å². The lowest BCUT2D eigenvalue weighted by Gasteiger charge is -2.16. The van der Waals surface area contributed by atoms with Crippen molar-refractivity contribution in [2.45, 2.75) is 20.0 Å². The Morgan fingerprint density at radius 3 is 2.72 bits per heavy atom. The third-order valence-corrected chi connectivity index (χ3v) is 2.88. The van der Waals surface area contributed by atoms with Crippen LogP contribution in [0.2, 0.25) is 5.02 Å². The third-order valence-electron chi connectivity index (χ3n) is 2.65. The molecule has 0 aliphatic heterocycles. The number of amides is 1. The van der Waals surface area contributed by atoms with E-state index in [0.29, 0.717) is 16.3 Å². The SMILES string of the molecule is COc1ccc(Cl)cc1C(=O)NCC(O)C(C)C. The molecule has 1 atom stereocenters. The zero-order valence-corrected chi connectivity index (χ0v) is 11.5. The number of aliphatic hydroxyl groups excluding tert-OH is 1. The molecule has 1 aromatic rings. The number of methoxy groups -OCH3 is 1. The molecular formula is C13H18ClNO3. The maximum Gasteiger partial charge on any atom is 0.255 e. The fourth-order valence-corrected chi connectivity index (χ4v) is 1.56. The van der Waals surface area contributed by atoms with Crippen LogP contribution in [-0.4, -0.2) is 30.8 Å². The molecule has 1 amide bonds. The highest BCUT2D eigenvalue weighted by Crippen LogP contribution is 2.22. The van der Waals surface area contributed by atoms with E-state index in [2.05, 4.69) is 5.32 Å². The average Bonchev–Trinajstić information content (AvgIpc) is 2.35. The fraction of sp³-hybridized carbons (Fsp3) is 0.462. The molecule has 1 unspecified atom stereocenters. The van der Waals surface area contributed by atoms with Gasteiger partial charge >= 0.3 is 0 Å². The zero-order chi connectivity index (χ0) is 13.7. The maximum absolute atomic E-state index is 11.9. The maximum atomic E-state index is 11.9. The van der Waals surface area contributed by atoms with E-state index in [1.54, 1.807) is 12.1 Å². The van der Waals surface area contributed by atoms with Gasteiger partial charge < -0.3 is 15.2 Å². The van der Waals surface area contributed by atoms with Crippen LogP contribution >= 0.6 is 11.6 Å². The highest BCUT2D eigenvalue weighted by molar-refractivity contribution is 6.31. The van der Waals surface area contributed by atoms with Gasteiger partial charge in [-0.1, -0.05) is 25.4 Å². The van der Waals surface area contributed by atoms with Crippen LogP contribution < -0.4 is 10.1 Å². The summed E-state index contributed by atoms with van der Waals surface area (Å²) in [5, 5.41) is 12.7. The normalized spacial score (nSPS) is 12.3. The lowest BCUT2D eigenvalue weighted by molar-refractivity contribution is 0.0869. The summed E-state index contributed by atoms with van der Waals surface area (Å²) in [7, 11) is 1.49.